The van der Waals surface area contributed by atoms with E-state index in [1.165, 1.54) is 0 Å². The second kappa shape index (κ2) is 6.51. The smallest absolute Gasteiger partial charge is 0.220 e. The van der Waals surface area contributed by atoms with Crippen molar-refractivity contribution in [3.63, 3.8) is 0 Å². The number of halogens is 1. The van der Waals surface area contributed by atoms with E-state index in [4.69, 9.17) is 17.3 Å². The largest absolute Gasteiger partial charge is 0.356 e. The summed E-state index contributed by atoms with van der Waals surface area (Å²) in [5.41, 5.74) is 6.69. The van der Waals surface area contributed by atoms with E-state index in [0.717, 1.165) is 5.56 Å². The molecule has 0 saturated heterocycles. The molecule has 0 aliphatic heterocycles. The first-order valence-corrected chi connectivity index (χ1v) is 5.77. The highest BCUT2D eigenvalue weighted by Crippen LogP contribution is 2.21. The first-order chi connectivity index (χ1) is 7.67. The number of nitrogens with two attached hydrogens (primary N) is 1. The van der Waals surface area contributed by atoms with Crippen LogP contribution in [0.25, 0.3) is 0 Å². The van der Waals surface area contributed by atoms with E-state index in [1.807, 2.05) is 31.2 Å². The molecule has 1 amide bonds. The fourth-order valence-corrected chi connectivity index (χ4v) is 1.79. The van der Waals surface area contributed by atoms with Crippen LogP contribution in [0.3, 0.4) is 0 Å². The highest BCUT2D eigenvalue weighted by Gasteiger charge is 2.14. The van der Waals surface area contributed by atoms with Crippen LogP contribution in [0.1, 0.15) is 24.8 Å². The molecule has 88 valence electrons. The molecule has 0 aromatic heterocycles. The van der Waals surface area contributed by atoms with Crippen LogP contribution in [-0.4, -0.2) is 19.0 Å². The van der Waals surface area contributed by atoms with Crippen molar-refractivity contribution in [1.82, 2.24) is 5.32 Å². The van der Waals surface area contributed by atoms with Crippen molar-refractivity contribution < 1.29 is 4.79 Å². The zero-order valence-electron chi connectivity index (χ0n) is 9.37. The van der Waals surface area contributed by atoms with Crippen molar-refractivity contribution >= 4 is 17.5 Å². The number of rotatable bonds is 5. The van der Waals surface area contributed by atoms with Gasteiger partial charge >= 0.3 is 0 Å². The lowest BCUT2D eigenvalue weighted by Gasteiger charge is -2.14. The number of carbonyl (C=O) groups excluding carboxylic acids is 1. The zero-order valence-corrected chi connectivity index (χ0v) is 10.1. The number of benzene rings is 1. The maximum absolute atomic E-state index is 11.5. The third kappa shape index (κ3) is 3.83. The molecule has 1 rings (SSSR count). The summed E-state index contributed by atoms with van der Waals surface area (Å²) < 4.78 is 0. The first kappa shape index (κ1) is 13.0. The molecular weight excluding hydrogens is 224 g/mol. The summed E-state index contributed by atoms with van der Waals surface area (Å²) in [6, 6.07) is 7.49. The molecule has 0 bridgehead atoms. The average molecular weight is 241 g/mol. The Bertz CT molecular complexity index is 355. The lowest BCUT2D eigenvalue weighted by atomic mass is 9.95. The van der Waals surface area contributed by atoms with E-state index in [1.54, 1.807) is 0 Å². The van der Waals surface area contributed by atoms with Crippen molar-refractivity contribution in [1.29, 1.82) is 0 Å². The van der Waals surface area contributed by atoms with E-state index in [2.05, 4.69) is 5.32 Å². The average Bonchev–Trinajstić information content (AvgIpc) is 2.26. The monoisotopic (exact) mass is 240 g/mol. The fraction of sp³-hybridized carbons (Fsp3) is 0.417. The minimum absolute atomic E-state index is 0.0259. The number of carbonyl (C=O) groups is 1. The van der Waals surface area contributed by atoms with Crippen LogP contribution in [0.5, 0.6) is 0 Å². The van der Waals surface area contributed by atoms with Crippen LogP contribution in [0, 0.1) is 0 Å². The van der Waals surface area contributed by atoms with Gasteiger partial charge in [0.15, 0.2) is 0 Å². The molecule has 16 heavy (non-hydrogen) atoms. The lowest BCUT2D eigenvalue weighted by Crippen LogP contribution is -2.27. The Kier molecular flexibility index (Phi) is 5.29. The third-order valence-corrected chi connectivity index (χ3v) is 2.65. The van der Waals surface area contributed by atoms with Crippen LogP contribution in [0.15, 0.2) is 24.3 Å². The van der Waals surface area contributed by atoms with Gasteiger partial charge in [0.25, 0.3) is 0 Å². The lowest BCUT2D eigenvalue weighted by molar-refractivity contribution is -0.121. The predicted octanol–water partition coefficient (Wildman–Crippen LogP) is 1.91. The molecule has 3 N–H and O–H groups in total. The van der Waals surface area contributed by atoms with Crippen LogP contribution < -0.4 is 11.1 Å². The summed E-state index contributed by atoms with van der Waals surface area (Å²) in [6.07, 6.45) is 0.407. The highest BCUT2D eigenvalue weighted by molar-refractivity contribution is 6.30. The molecule has 3 nitrogen and oxygen atoms in total. The molecular formula is C12H17ClN2O. The van der Waals surface area contributed by atoms with Gasteiger partial charge in [-0.25, -0.2) is 0 Å². The number of nitrogens with one attached hydrogen (secondary N) is 1. The van der Waals surface area contributed by atoms with E-state index >= 15 is 0 Å². The second-order valence-electron chi connectivity index (χ2n) is 3.65. The second-order valence-corrected chi connectivity index (χ2v) is 4.08. The highest BCUT2D eigenvalue weighted by atomic mass is 35.5. The predicted molar refractivity (Wildman–Crippen MR) is 66.5 cm³/mol. The minimum Gasteiger partial charge on any atom is -0.356 e. The molecule has 0 spiro atoms. The zero-order chi connectivity index (χ0) is 12.0. The molecule has 1 unspecified atom stereocenters. The summed E-state index contributed by atoms with van der Waals surface area (Å²) >= 11 is 5.90. The molecule has 0 fully saturated rings. The minimum atomic E-state index is 0.0259. The van der Waals surface area contributed by atoms with E-state index < -0.39 is 0 Å². The fourth-order valence-electron chi connectivity index (χ4n) is 1.59. The van der Waals surface area contributed by atoms with Crippen molar-refractivity contribution in [2.45, 2.75) is 19.3 Å². The number of hydrogen-bond donors (Lipinski definition) is 2. The van der Waals surface area contributed by atoms with Crippen molar-refractivity contribution in [3.8, 4) is 0 Å². The van der Waals surface area contributed by atoms with Gasteiger partial charge in [0, 0.05) is 23.9 Å². The third-order valence-electron chi connectivity index (χ3n) is 2.41. The molecule has 4 heteroatoms. The van der Waals surface area contributed by atoms with E-state index in [-0.39, 0.29) is 11.8 Å². The Balaban J connectivity index is 2.70. The Hall–Kier alpha value is -1.06. The van der Waals surface area contributed by atoms with Gasteiger partial charge in [0.2, 0.25) is 5.91 Å². The normalized spacial score (nSPS) is 12.2. The van der Waals surface area contributed by atoms with Gasteiger partial charge in [-0.2, -0.15) is 0 Å². The first-order valence-electron chi connectivity index (χ1n) is 5.39. The molecule has 0 heterocycles. The van der Waals surface area contributed by atoms with Crippen LogP contribution in [0.4, 0.5) is 0 Å². The summed E-state index contributed by atoms with van der Waals surface area (Å²) in [5.74, 6) is 0.0585. The molecule has 0 saturated carbocycles. The Morgan fingerprint density at radius 3 is 2.88 bits per heavy atom. The molecule has 1 aromatic carbocycles. The maximum atomic E-state index is 11.5. The molecule has 1 aromatic rings. The van der Waals surface area contributed by atoms with Gasteiger partial charge in [-0.05, 0) is 31.2 Å². The number of amides is 1. The van der Waals surface area contributed by atoms with Gasteiger partial charge in [0.05, 0.1) is 0 Å². The molecule has 0 radical (unpaired) electrons. The SMILES string of the molecule is CCNC(=O)CC(CN)c1cccc(Cl)c1. The van der Waals surface area contributed by atoms with Crippen molar-refractivity contribution in [2.24, 2.45) is 5.73 Å². The van der Waals surface area contributed by atoms with Crippen molar-refractivity contribution in [2.75, 3.05) is 13.1 Å². The van der Waals surface area contributed by atoms with Gasteiger partial charge in [-0.15, -0.1) is 0 Å². The van der Waals surface area contributed by atoms with Crippen LogP contribution in [-0.2, 0) is 4.79 Å². The summed E-state index contributed by atoms with van der Waals surface area (Å²) in [5, 5.41) is 3.44. The standard InChI is InChI=1S/C12H17ClN2O/c1-2-15-12(16)7-10(8-14)9-4-3-5-11(13)6-9/h3-6,10H,2,7-8,14H2,1H3,(H,15,16). The quantitative estimate of drug-likeness (QED) is 0.826. The van der Waals surface area contributed by atoms with Gasteiger partial charge < -0.3 is 11.1 Å². The molecule has 0 aliphatic rings. The number of hydrogen-bond acceptors (Lipinski definition) is 2. The summed E-state index contributed by atoms with van der Waals surface area (Å²) in [6.45, 7) is 2.98. The van der Waals surface area contributed by atoms with E-state index in [0.29, 0.717) is 24.5 Å². The maximum Gasteiger partial charge on any atom is 0.220 e. The van der Waals surface area contributed by atoms with Crippen molar-refractivity contribution in [3.05, 3.63) is 34.9 Å². The van der Waals surface area contributed by atoms with E-state index in [9.17, 15) is 4.79 Å². The topological polar surface area (TPSA) is 55.1 Å². The molecule has 1 atom stereocenters. The van der Waals surface area contributed by atoms with Gasteiger partial charge in [-0.3, -0.25) is 4.79 Å². The van der Waals surface area contributed by atoms with Crippen LogP contribution >= 0.6 is 11.6 Å². The van der Waals surface area contributed by atoms with Crippen LogP contribution in [0.2, 0.25) is 5.02 Å². The molecule has 0 aliphatic carbocycles. The Morgan fingerprint density at radius 2 is 2.31 bits per heavy atom. The van der Waals surface area contributed by atoms with Gasteiger partial charge in [0.1, 0.15) is 0 Å². The summed E-state index contributed by atoms with van der Waals surface area (Å²) in [7, 11) is 0. The Morgan fingerprint density at radius 1 is 1.56 bits per heavy atom. The summed E-state index contributed by atoms with van der Waals surface area (Å²) in [4.78, 5) is 11.5. The Labute approximate surface area is 101 Å². The van der Waals surface area contributed by atoms with Gasteiger partial charge in [-0.1, -0.05) is 23.7 Å².